The van der Waals surface area contributed by atoms with Gasteiger partial charge in [0.2, 0.25) is 0 Å². The van der Waals surface area contributed by atoms with Crippen molar-refractivity contribution < 1.29 is 14.2 Å². The van der Waals surface area contributed by atoms with Gasteiger partial charge in [-0.3, -0.25) is 5.43 Å². The Hall–Kier alpha value is -2.68. The van der Waals surface area contributed by atoms with Crippen molar-refractivity contribution in [1.29, 1.82) is 5.26 Å². The van der Waals surface area contributed by atoms with Crippen molar-refractivity contribution in [2.24, 2.45) is 5.10 Å². The summed E-state index contributed by atoms with van der Waals surface area (Å²) in [5, 5.41) is 13.8. The molecule has 33 heavy (non-hydrogen) atoms. The monoisotopic (exact) mass is 620 g/mol. The Morgan fingerprint density at radius 3 is 2.58 bits per heavy atom. The van der Waals surface area contributed by atoms with Gasteiger partial charge in [-0.25, -0.2) is 4.98 Å². The number of rotatable bonds is 9. The van der Waals surface area contributed by atoms with Crippen LogP contribution >= 0.6 is 38.5 Å². The second kappa shape index (κ2) is 12.0. The van der Waals surface area contributed by atoms with Crippen LogP contribution in [0.15, 0.2) is 52.0 Å². The molecule has 0 spiro atoms. The number of benzene rings is 2. The largest absolute Gasteiger partial charge is 0.493 e. The molecule has 1 aromatic heterocycles. The summed E-state index contributed by atoms with van der Waals surface area (Å²) in [6.07, 6.45) is 1.62. The van der Waals surface area contributed by atoms with Crippen LogP contribution in [0.1, 0.15) is 27.9 Å². The average molecular weight is 621 g/mol. The van der Waals surface area contributed by atoms with Gasteiger partial charge in [0, 0.05) is 32.0 Å². The van der Waals surface area contributed by atoms with Crippen molar-refractivity contribution in [1.82, 2.24) is 4.98 Å². The molecule has 0 unspecified atom stereocenters. The lowest BCUT2D eigenvalue weighted by atomic mass is 10.1. The van der Waals surface area contributed by atoms with Crippen molar-refractivity contribution in [2.75, 3.05) is 19.6 Å². The third kappa shape index (κ3) is 6.66. The zero-order valence-electron chi connectivity index (χ0n) is 18.4. The van der Waals surface area contributed by atoms with Crippen molar-refractivity contribution in [3.63, 3.8) is 0 Å². The van der Waals surface area contributed by atoms with E-state index in [1.165, 1.54) is 3.57 Å². The molecular formula is C24H22BrIN4O3. The van der Waals surface area contributed by atoms with Crippen LogP contribution in [0.4, 0.5) is 5.82 Å². The zero-order chi connectivity index (χ0) is 23.8. The second-order valence-electron chi connectivity index (χ2n) is 7.00. The number of aryl methyl sites for hydroxylation is 1. The van der Waals surface area contributed by atoms with E-state index >= 15 is 0 Å². The van der Waals surface area contributed by atoms with Crippen molar-refractivity contribution in [2.45, 2.75) is 20.1 Å². The number of methoxy groups -OCH3 is 2. The second-order valence-corrected chi connectivity index (χ2v) is 9.10. The number of nitrogens with one attached hydrogen (secondary N) is 1. The summed E-state index contributed by atoms with van der Waals surface area (Å²) in [5.74, 6) is 1.57. The maximum Gasteiger partial charge on any atom is 0.164 e. The smallest absolute Gasteiger partial charge is 0.164 e. The first-order valence-corrected chi connectivity index (χ1v) is 11.8. The molecule has 0 atom stereocenters. The summed E-state index contributed by atoms with van der Waals surface area (Å²) in [7, 11) is 3.17. The molecule has 0 amide bonds. The normalized spacial score (nSPS) is 10.8. The number of aromatic nitrogens is 1. The first-order chi connectivity index (χ1) is 15.9. The number of hydrogen-bond donors (Lipinski definition) is 1. The Kier molecular flexibility index (Phi) is 9.05. The number of ether oxygens (including phenoxy) is 3. The van der Waals surface area contributed by atoms with E-state index in [9.17, 15) is 5.26 Å². The highest BCUT2D eigenvalue weighted by Crippen LogP contribution is 2.33. The molecule has 0 saturated carbocycles. The van der Waals surface area contributed by atoms with Crippen LogP contribution in [0.5, 0.6) is 11.5 Å². The van der Waals surface area contributed by atoms with Crippen LogP contribution in [-0.2, 0) is 18.0 Å². The van der Waals surface area contributed by atoms with E-state index in [4.69, 9.17) is 14.2 Å². The maximum atomic E-state index is 9.55. The Morgan fingerprint density at radius 2 is 1.91 bits per heavy atom. The Morgan fingerprint density at radius 1 is 1.15 bits per heavy atom. The maximum absolute atomic E-state index is 9.55. The van der Waals surface area contributed by atoms with E-state index in [2.05, 4.69) is 60.1 Å². The minimum Gasteiger partial charge on any atom is -0.493 e. The third-order valence-corrected chi connectivity index (χ3v) is 6.01. The fourth-order valence-electron chi connectivity index (χ4n) is 3.04. The summed E-state index contributed by atoms with van der Waals surface area (Å²) in [5.41, 5.74) is 6.61. The van der Waals surface area contributed by atoms with Gasteiger partial charge in [0.05, 0.1) is 19.9 Å². The van der Waals surface area contributed by atoms with E-state index in [0.717, 1.165) is 26.9 Å². The first-order valence-electron chi connectivity index (χ1n) is 9.88. The summed E-state index contributed by atoms with van der Waals surface area (Å²) in [4.78, 5) is 4.39. The van der Waals surface area contributed by atoms with E-state index < -0.39 is 0 Å². The minimum atomic E-state index is 0.317. The predicted molar refractivity (Wildman–Crippen MR) is 140 cm³/mol. The van der Waals surface area contributed by atoms with Crippen LogP contribution < -0.4 is 14.9 Å². The van der Waals surface area contributed by atoms with Crippen LogP contribution in [0.3, 0.4) is 0 Å². The zero-order valence-corrected chi connectivity index (χ0v) is 22.1. The lowest BCUT2D eigenvalue weighted by Crippen LogP contribution is -2.04. The lowest BCUT2D eigenvalue weighted by molar-refractivity contribution is 0.184. The molecule has 7 nitrogen and oxygen atoms in total. The molecule has 0 radical (unpaired) electrons. The Bertz CT molecular complexity index is 1190. The molecule has 1 N–H and O–H groups in total. The molecule has 0 fully saturated rings. The van der Waals surface area contributed by atoms with E-state index in [1.807, 2.05) is 49.4 Å². The minimum absolute atomic E-state index is 0.317. The Labute approximate surface area is 215 Å². The van der Waals surface area contributed by atoms with E-state index in [0.29, 0.717) is 36.1 Å². The summed E-state index contributed by atoms with van der Waals surface area (Å²) >= 11 is 5.84. The molecule has 0 saturated heterocycles. The van der Waals surface area contributed by atoms with Gasteiger partial charge in [-0.2, -0.15) is 10.4 Å². The van der Waals surface area contributed by atoms with Gasteiger partial charge in [-0.05, 0) is 81.3 Å². The number of halogens is 2. The number of nitriles is 1. The number of nitrogens with zero attached hydrogens (tertiary/aromatic N) is 3. The predicted octanol–water partition coefficient (Wildman–Crippen LogP) is 5.81. The van der Waals surface area contributed by atoms with Gasteiger partial charge in [0.15, 0.2) is 17.3 Å². The summed E-state index contributed by atoms with van der Waals surface area (Å²) < 4.78 is 18.6. The van der Waals surface area contributed by atoms with Crippen LogP contribution in [0, 0.1) is 21.8 Å². The quantitative estimate of drug-likeness (QED) is 0.185. The molecular weight excluding hydrogens is 599 g/mol. The topological polar surface area (TPSA) is 88.8 Å². The van der Waals surface area contributed by atoms with Crippen LogP contribution in [0.2, 0.25) is 0 Å². The van der Waals surface area contributed by atoms with E-state index in [1.54, 1.807) is 20.4 Å². The molecule has 0 aliphatic heterocycles. The fraction of sp³-hybridized carbons (Fsp3) is 0.208. The fourth-order valence-corrected chi connectivity index (χ4v) is 3.83. The number of pyridine rings is 1. The summed E-state index contributed by atoms with van der Waals surface area (Å²) in [6, 6.07) is 15.8. The van der Waals surface area contributed by atoms with Gasteiger partial charge < -0.3 is 14.2 Å². The summed E-state index contributed by atoms with van der Waals surface area (Å²) in [6.45, 7) is 2.59. The van der Waals surface area contributed by atoms with Crippen molar-refractivity contribution in [3.05, 3.63) is 78.5 Å². The highest BCUT2D eigenvalue weighted by atomic mass is 127. The molecule has 0 bridgehead atoms. The molecule has 2 aromatic carbocycles. The first kappa shape index (κ1) is 25.0. The number of hydrazone groups is 1. The average Bonchev–Trinajstić information content (AvgIpc) is 2.80. The molecule has 1 heterocycles. The molecule has 3 rings (SSSR count). The van der Waals surface area contributed by atoms with Crippen LogP contribution in [0.25, 0.3) is 0 Å². The highest BCUT2D eigenvalue weighted by molar-refractivity contribution is 14.1. The van der Waals surface area contributed by atoms with Gasteiger partial charge in [-0.15, -0.1) is 0 Å². The highest BCUT2D eigenvalue weighted by Gasteiger charge is 2.12. The van der Waals surface area contributed by atoms with Gasteiger partial charge in [0.1, 0.15) is 18.2 Å². The molecule has 3 aromatic rings. The molecule has 9 heteroatoms. The number of anilines is 1. The third-order valence-electron chi connectivity index (χ3n) is 4.61. The Balaban J connectivity index is 1.78. The lowest BCUT2D eigenvalue weighted by Gasteiger charge is -2.13. The SMILES string of the molecule is COCc1cc(C)nc(NN=Cc2cc(OC)c(OCc3ccc(I)cc3)cc2Br)c1C#N. The van der Waals surface area contributed by atoms with Crippen molar-refractivity contribution in [3.8, 4) is 17.6 Å². The number of hydrogen-bond acceptors (Lipinski definition) is 7. The molecule has 0 aliphatic rings. The molecule has 170 valence electrons. The van der Waals surface area contributed by atoms with Crippen molar-refractivity contribution >= 4 is 50.6 Å². The molecule has 0 aliphatic carbocycles. The van der Waals surface area contributed by atoms with Gasteiger partial charge in [-0.1, -0.05) is 12.1 Å². The van der Waals surface area contributed by atoms with E-state index in [-0.39, 0.29) is 0 Å². The van der Waals surface area contributed by atoms with Gasteiger partial charge >= 0.3 is 0 Å². The van der Waals surface area contributed by atoms with Crippen LogP contribution in [-0.4, -0.2) is 25.4 Å². The standard InChI is InChI=1S/C24H22BrIN4O3/c1-15-8-18(14-31-2)20(11-27)24(29-15)30-28-12-17-9-22(32-3)23(10-21(17)25)33-13-16-4-6-19(26)7-5-16/h4-10,12H,13-14H2,1-3H3,(H,29,30). The van der Waals surface area contributed by atoms with Gasteiger partial charge in [0.25, 0.3) is 0 Å².